The van der Waals surface area contributed by atoms with Gasteiger partial charge < -0.3 is 5.32 Å². The molecular formula is C14H9BrF2N2S. The van der Waals surface area contributed by atoms with Gasteiger partial charge in [-0.15, -0.1) is 11.3 Å². The van der Waals surface area contributed by atoms with Crippen LogP contribution in [0.4, 0.5) is 14.5 Å². The van der Waals surface area contributed by atoms with Gasteiger partial charge in [0.05, 0.1) is 16.8 Å². The predicted molar refractivity (Wildman–Crippen MR) is 81.0 cm³/mol. The van der Waals surface area contributed by atoms with Gasteiger partial charge in [0.25, 0.3) is 0 Å². The summed E-state index contributed by atoms with van der Waals surface area (Å²) in [6, 6.07) is 10.3. The van der Waals surface area contributed by atoms with Crippen molar-refractivity contribution >= 4 is 43.2 Å². The molecule has 20 heavy (non-hydrogen) atoms. The smallest absolute Gasteiger partial charge is 0.178 e. The largest absolute Gasteiger partial charge is 0.378 e. The molecule has 1 aromatic heterocycles. The van der Waals surface area contributed by atoms with Crippen LogP contribution in [0, 0.1) is 11.6 Å². The van der Waals surface area contributed by atoms with E-state index in [0.717, 1.165) is 27.6 Å². The molecule has 0 fully saturated rings. The van der Waals surface area contributed by atoms with Crippen LogP contribution < -0.4 is 5.32 Å². The number of halogens is 3. The van der Waals surface area contributed by atoms with E-state index in [1.54, 1.807) is 0 Å². The molecule has 0 unspecified atom stereocenters. The van der Waals surface area contributed by atoms with Crippen molar-refractivity contribution in [2.24, 2.45) is 0 Å². The summed E-state index contributed by atoms with van der Waals surface area (Å²) in [6.45, 7) is 0.469. The number of nitrogens with one attached hydrogen (secondary N) is 1. The third-order valence-electron chi connectivity index (χ3n) is 2.76. The van der Waals surface area contributed by atoms with Gasteiger partial charge in [-0.25, -0.2) is 13.8 Å². The summed E-state index contributed by atoms with van der Waals surface area (Å²) in [7, 11) is 0. The van der Waals surface area contributed by atoms with E-state index in [-0.39, 0.29) is 4.70 Å². The number of thiazole rings is 1. The van der Waals surface area contributed by atoms with Crippen molar-refractivity contribution in [3.8, 4) is 0 Å². The molecule has 2 nitrogen and oxygen atoms in total. The Morgan fingerprint density at radius 1 is 1.20 bits per heavy atom. The second kappa shape index (κ2) is 5.46. The highest BCUT2D eigenvalue weighted by Gasteiger charge is 2.12. The topological polar surface area (TPSA) is 24.9 Å². The Balaban J connectivity index is 1.83. The van der Waals surface area contributed by atoms with Gasteiger partial charge in [0.2, 0.25) is 0 Å². The minimum absolute atomic E-state index is 0.260. The zero-order valence-corrected chi connectivity index (χ0v) is 12.6. The molecule has 1 N–H and O–H groups in total. The van der Waals surface area contributed by atoms with Crippen LogP contribution in [0.25, 0.3) is 10.2 Å². The molecule has 0 amide bonds. The molecule has 0 saturated heterocycles. The lowest BCUT2D eigenvalue weighted by atomic mass is 10.3. The summed E-state index contributed by atoms with van der Waals surface area (Å²) in [4.78, 5) is 4.29. The number of nitrogens with zero attached hydrogens (tertiary/aromatic N) is 1. The number of hydrogen-bond donors (Lipinski definition) is 1. The molecule has 0 aliphatic heterocycles. The number of hydrogen-bond acceptors (Lipinski definition) is 3. The summed E-state index contributed by atoms with van der Waals surface area (Å²) >= 11 is 4.55. The standard InChI is InChI=1S/C14H9BrF2N2S/c15-8-2-1-3-9(6-8)18-7-12-19-11-5-4-10(16)13(17)14(11)20-12/h1-6,18H,7H2. The average Bonchev–Trinajstić information content (AvgIpc) is 2.85. The van der Waals surface area contributed by atoms with Gasteiger partial charge in [-0.1, -0.05) is 22.0 Å². The van der Waals surface area contributed by atoms with Crippen LogP contribution in [0.5, 0.6) is 0 Å². The fraction of sp³-hybridized carbons (Fsp3) is 0.0714. The van der Waals surface area contributed by atoms with Crippen LogP contribution in [-0.4, -0.2) is 4.98 Å². The summed E-state index contributed by atoms with van der Waals surface area (Å²) in [5.74, 6) is -1.67. The highest BCUT2D eigenvalue weighted by molar-refractivity contribution is 9.10. The number of anilines is 1. The second-order valence-corrected chi connectivity index (χ2v) is 6.18. The Morgan fingerprint density at radius 2 is 2.05 bits per heavy atom. The highest BCUT2D eigenvalue weighted by Crippen LogP contribution is 2.27. The maximum atomic E-state index is 13.6. The molecule has 3 aromatic rings. The summed E-state index contributed by atoms with van der Waals surface area (Å²) < 4.78 is 28.0. The fourth-order valence-electron chi connectivity index (χ4n) is 1.83. The van der Waals surface area contributed by atoms with Crippen LogP contribution in [0.1, 0.15) is 5.01 Å². The lowest BCUT2D eigenvalue weighted by Gasteiger charge is -2.03. The lowest BCUT2D eigenvalue weighted by Crippen LogP contribution is -1.98. The molecule has 102 valence electrons. The van der Waals surface area contributed by atoms with Crippen molar-refractivity contribution in [3.63, 3.8) is 0 Å². The van der Waals surface area contributed by atoms with Crippen LogP contribution in [0.15, 0.2) is 40.9 Å². The minimum atomic E-state index is -0.840. The molecule has 0 radical (unpaired) electrons. The van der Waals surface area contributed by atoms with E-state index in [4.69, 9.17) is 0 Å². The first-order chi connectivity index (χ1) is 9.63. The SMILES string of the molecule is Fc1ccc2nc(CNc3cccc(Br)c3)sc2c1F. The van der Waals surface area contributed by atoms with Gasteiger partial charge in [-0.2, -0.15) is 0 Å². The molecule has 3 rings (SSSR count). The molecule has 0 aliphatic rings. The van der Waals surface area contributed by atoms with Crippen molar-refractivity contribution in [3.05, 3.63) is 57.5 Å². The molecule has 0 atom stereocenters. The first kappa shape index (κ1) is 13.5. The Hall–Kier alpha value is -1.53. The van der Waals surface area contributed by atoms with Crippen LogP contribution in [0.3, 0.4) is 0 Å². The minimum Gasteiger partial charge on any atom is -0.378 e. The number of fused-ring (bicyclic) bond motifs is 1. The molecule has 6 heteroatoms. The fourth-order valence-corrected chi connectivity index (χ4v) is 3.16. The molecular weight excluding hydrogens is 346 g/mol. The molecule has 0 saturated carbocycles. The first-order valence-corrected chi connectivity index (χ1v) is 7.47. The van der Waals surface area contributed by atoms with E-state index in [9.17, 15) is 8.78 Å². The van der Waals surface area contributed by atoms with Gasteiger partial charge in [0.1, 0.15) is 5.01 Å². The maximum Gasteiger partial charge on any atom is 0.178 e. The molecule has 0 aliphatic carbocycles. The summed E-state index contributed by atoms with van der Waals surface area (Å²) in [6.07, 6.45) is 0. The zero-order valence-electron chi connectivity index (χ0n) is 10.2. The number of benzene rings is 2. The van der Waals surface area contributed by atoms with Gasteiger partial charge in [0.15, 0.2) is 11.6 Å². The van der Waals surface area contributed by atoms with E-state index >= 15 is 0 Å². The van der Waals surface area contributed by atoms with Gasteiger partial charge >= 0.3 is 0 Å². The van der Waals surface area contributed by atoms with Crippen LogP contribution in [0.2, 0.25) is 0 Å². The summed E-state index contributed by atoms with van der Waals surface area (Å²) in [5.41, 5.74) is 1.42. The second-order valence-electron chi connectivity index (χ2n) is 4.18. The predicted octanol–water partition coefficient (Wildman–Crippen LogP) is 4.95. The molecule has 0 spiro atoms. The van der Waals surface area contributed by atoms with Crippen molar-refractivity contribution in [1.29, 1.82) is 0 Å². The monoisotopic (exact) mass is 354 g/mol. The molecule has 2 aromatic carbocycles. The van der Waals surface area contributed by atoms with E-state index in [1.165, 1.54) is 6.07 Å². The zero-order chi connectivity index (χ0) is 14.1. The Kier molecular flexibility index (Phi) is 3.67. The van der Waals surface area contributed by atoms with Crippen LogP contribution in [-0.2, 0) is 6.54 Å². The molecule has 0 bridgehead atoms. The summed E-state index contributed by atoms with van der Waals surface area (Å²) in [5, 5.41) is 3.91. The van der Waals surface area contributed by atoms with Crippen molar-refractivity contribution in [2.45, 2.75) is 6.54 Å². The van der Waals surface area contributed by atoms with E-state index in [0.29, 0.717) is 17.1 Å². The Labute approximate surface area is 126 Å². The maximum absolute atomic E-state index is 13.6. The number of rotatable bonds is 3. The normalized spacial score (nSPS) is 10.9. The van der Waals surface area contributed by atoms with Crippen molar-refractivity contribution < 1.29 is 8.78 Å². The van der Waals surface area contributed by atoms with Gasteiger partial charge in [0, 0.05) is 10.2 Å². The van der Waals surface area contributed by atoms with Gasteiger partial charge in [-0.3, -0.25) is 0 Å². The number of aromatic nitrogens is 1. The Bertz CT molecular complexity index is 773. The Morgan fingerprint density at radius 3 is 2.85 bits per heavy atom. The first-order valence-electron chi connectivity index (χ1n) is 5.86. The van der Waals surface area contributed by atoms with Crippen molar-refractivity contribution in [2.75, 3.05) is 5.32 Å². The molecule has 1 heterocycles. The van der Waals surface area contributed by atoms with E-state index < -0.39 is 11.6 Å². The average molecular weight is 355 g/mol. The van der Waals surface area contributed by atoms with E-state index in [2.05, 4.69) is 26.2 Å². The van der Waals surface area contributed by atoms with Crippen LogP contribution >= 0.6 is 27.3 Å². The van der Waals surface area contributed by atoms with E-state index in [1.807, 2.05) is 24.3 Å². The quantitative estimate of drug-likeness (QED) is 0.719. The highest BCUT2D eigenvalue weighted by atomic mass is 79.9. The van der Waals surface area contributed by atoms with Gasteiger partial charge in [-0.05, 0) is 30.3 Å². The third-order valence-corrected chi connectivity index (χ3v) is 4.32. The lowest BCUT2D eigenvalue weighted by molar-refractivity contribution is 0.518. The van der Waals surface area contributed by atoms with Crippen molar-refractivity contribution in [1.82, 2.24) is 4.98 Å². The third kappa shape index (κ3) is 2.66.